The number of nitrogens with zero attached hydrogens (tertiary/aromatic N) is 3. The molecule has 0 aliphatic carbocycles. The molecule has 1 aliphatic rings. The summed E-state index contributed by atoms with van der Waals surface area (Å²) in [5.74, 6) is 0.243. The smallest absolute Gasteiger partial charge is 0.255 e. The lowest BCUT2D eigenvalue weighted by Crippen LogP contribution is -2.43. The normalized spacial score (nSPS) is 13.8. The molecule has 0 amide bonds. The molecule has 3 heterocycles. The molecule has 0 spiro atoms. The second kappa shape index (κ2) is 9.29. The Bertz CT molecular complexity index is 1420. The topological polar surface area (TPSA) is 70.4 Å². The van der Waals surface area contributed by atoms with Gasteiger partial charge in [-0.1, -0.05) is 23.7 Å². The average molecular weight is 477 g/mol. The summed E-state index contributed by atoms with van der Waals surface area (Å²) in [7, 11) is 0. The van der Waals surface area contributed by atoms with E-state index in [2.05, 4.69) is 15.2 Å². The van der Waals surface area contributed by atoms with Crippen LogP contribution in [0.25, 0.3) is 27.9 Å². The SMILES string of the molecule is O=c1ccccn1-c1ccc(-c2cc(F)cc(-c3ccnc(N4CCNCC4)c3)c2O)cc1Cl. The van der Waals surface area contributed by atoms with Crippen molar-refractivity contribution < 1.29 is 9.50 Å². The molecule has 5 rings (SSSR count). The van der Waals surface area contributed by atoms with Crippen molar-refractivity contribution in [1.29, 1.82) is 0 Å². The summed E-state index contributed by atoms with van der Waals surface area (Å²) in [6.45, 7) is 3.39. The second-order valence-electron chi connectivity index (χ2n) is 8.06. The average Bonchev–Trinajstić information content (AvgIpc) is 2.86. The Balaban J connectivity index is 1.55. The van der Waals surface area contributed by atoms with E-state index in [1.807, 2.05) is 6.07 Å². The largest absolute Gasteiger partial charge is 0.507 e. The predicted molar refractivity (Wildman–Crippen MR) is 132 cm³/mol. The van der Waals surface area contributed by atoms with Crippen LogP contribution in [0.5, 0.6) is 5.75 Å². The van der Waals surface area contributed by atoms with E-state index in [1.165, 1.54) is 22.8 Å². The fourth-order valence-electron chi connectivity index (χ4n) is 4.19. The highest BCUT2D eigenvalue weighted by atomic mass is 35.5. The van der Waals surface area contributed by atoms with Crippen molar-refractivity contribution in [2.24, 2.45) is 0 Å². The summed E-state index contributed by atoms with van der Waals surface area (Å²) in [5.41, 5.74) is 2.17. The first-order valence-electron chi connectivity index (χ1n) is 10.9. The number of phenolic OH excluding ortho intramolecular Hbond substituents is 1. The van der Waals surface area contributed by atoms with E-state index in [1.54, 1.807) is 48.8 Å². The minimum Gasteiger partial charge on any atom is -0.507 e. The molecule has 4 aromatic rings. The Hall–Kier alpha value is -3.68. The van der Waals surface area contributed by atoms with Crippen LogP contribution in [0, 0.1) is 5.82 Å². The number of hydrogen-bond donors (Lipinski definition) is 2. The van der Waals surface area contributed by atoms with Crippen molar-refractivity contribution in [2.45, 2.75) is 0 Å². The first kappa shape index (κ1) is 22.1. The van der Waals surface area contributed by atoms with Gasteiger partial charge in [-0.15, -0.1) is 0 Å². The van der Waals surface area contributed by atoms with Gasteiger partial charge >= 0.3 is 0 Å². The maximum atomic E-state index is 14.7. The van der Waals surface area contributed by atoms with Crippen LogP contribution >= 0.6 is 11.6 Å². The van der Waals surface area contributed by atoms with E-state index in [0.717, 1.165) is 32.0 Å². The van der Waals surface area contributed by atoms with Gasteiger partial charge in [-0.05, 0) is 53.6 Å². The number of pyridine rings is 2. The molecule has 2 aromatic heterocycles. The summed E-state index contributed by atoms with van der Waals surface area (Å²) in [5, 5.41) is 14.7. The Labute approximate surface area is 200 Å². The van der Waals surface area contributed by atoms with E-state index < -0.39 is 5.82 Å². The molecule has 34 heavy (non-hydrogen) atoms. The van der Waals surface area contributed by atoms with Gasteiger partial charge in [-0.3, -0.25) is 9.36 Å². The lowest BCUT2D eigenvalue weighted by atomic mass is 9.97. The molecular weight excluding hydrogens is 455 g/mol. The quantitative estimate of drug-likeness (QED) is 0.454. The van der Waals surface area contributed by atoms with Crippen molar-refractivity contribution in [3.8, 4) is 33.7 Å². The maximum Gasteiger partial charge on any atom is 0.255 e. The molecule has 1 aliphatic heterocycles. The molecule has 2 N–H and O–H groups in total. The third kappa shape index (κ3) is 4.27. The minimum atomic E-state index is -0.484. The Kier molecular flexibility index (Phi) is 6.04. The van der Waals surface area contributed by atoms with E-state index in [0.29, 0.717) is 33.0 Å². The molecule has 0 atom stereocenters. The van der Waals surface area contributed by atoms with Gasteiger partial charge in [0.1, 0.15) is 17.4 Å². The van der Waals surface area contributed by atoms with Gasteiger partial charge in [0, 0.05) is 55.8 Å². The van der Waals surface area contributed by atoms with Gasteiger partial charge < -0.3 is 15.3 Å². The fraction of sp³-hybridized carbons (Fsp3) is 0.154. The van der Waals surface area contributed by atoms with Crippen LogP contribution in [0.15, 0.2) is 77.9 Å². The number of piperazine rings is 1. The van der Waals surface area contributed by atoms with E-state index in [-0.39, 0.29) is 11.3 Å². The van der Waals surface area contributed by atoms with Gasteiger partial charge in [-0.25, -0.2) is 9.37 Å². The molecule has 172 valence electrons. The molecule has 8 heteroatoms. The number of hydrogen-bond acceptors (Lipinski definition) is 5. The van der Waals surface area contributed by atoms with E-state index in [4.69, 9.17) is 11.6 Å². The first-order valence-corrected chi connectivity index (χ1v) is 11.3. The number of anilines is 1. The molecule has 1 saturated heterocycles. The van der Waals surface area contributed by atoms with Gasteiger partial charge in [0.2, 0.25) is 0 Å². The van der Waals surface area contributed by atoms with Crippen LogP contribution in [-0.2, 0) is 0 Å². The number of aromatic nitrogens is 2. The molecular formula is C26H22ClFN4O2. The number of aromatic hydroxyl groups is 1. The van der Waals surface area contributed by atoms with Crippen LogP contribution < -0.4 is 15.8 Å². The number of rotatable bonds is 4. The fourth-order valence-corrected chi connectivity index (χ4v) is 4.46. The van der Waals surface area contributed by atoms with Crippen molar-refractivity contribution in [1.82, 2.24) is 14.9 Å². The third-order valence-electron chi connectivity index (χ3n) is 5.91. The summed E-state index contributed by atoms with van der Waals surface area (Å²) in [4.78, 5) is 18.8. The molecule has 0 radical (unpaired) electrons. The zero-order chi connectivity index (χ0) is 23.7. The zero-order valence-electron chi connectivity index (χ0n) is 18.2. The van der Waals surface area contributed by atoms with Crippen molar-refractivity contribution in [2.75, 3.05) is 31.1 Å². The molecule has 0 saturated carbocycles. The molecule has 0 bridgehead atoms. The van der Waals surface area contributed by atoms with Gasteiger partial charge in [0.05, 0.1) is 10.7 Å². The summed E-state index contributed by atoms with van der Waals surface area (Å²) in [6.07, 6.45) is 3.29. The number of benzene rings is 2. The maximum absolute atomic E-state index is 14.7. The Morgan fingerprint density at radius 2 is 1.71 bits per heavy atom. The molecule has 0 unspecified atom stereocenters. The summed E-state index contributed by atoms with van der Waals surface area (Å²) < 4.78 is 16.1. The lowest BCUT2D eigenvalue weighted by Gasteiger charge is -2.28. The third-order valence-corrected chi connectivity index (χ3v) is 6.22. The monoisotopic (exact) mass is 476 g/mol. The van der Waals surface area contributed by atoms with E-state index >= 15 is 0 Å². The van der Waals surface area contributed by atoms with Crippen molar-refractivity contribution >= 4 is 17.4 Å². The highest BCUT2D eigenvalue weighted by molar-refractivity contribution is 6.32. The summed E-state index contributed by atoms with van der Waals surface area (Å²) in [6, 6.07) is 16.0. The number of halogens is 2. The number of phenols is 1. The Morgan fingerprint density at radius 1 is 0.971 bits per heavy atom. The van der Waals surface area contributed by atoms with Gasteiger partial charge in [-0.2, -0.15) is 0 Å². The number of nitrogens with one attached hydrogen (secondary N) is 1. The minimum absolute atomic E-state index is 0.0560. The standard InChI is InChI=1S/C26H22ClFN4O2/c27-22-13-17(4-5-23(22)32-10-2-1-3-25(32)33)20-15-19(28)16-21(26(20)34)18-6-7-30-24(14-18)31-11-8-29-9-12-31/h1-7,10,13-16,29,34H,8-9,11-12H2. The molecule has 2 aromatic carbocycles. The van der Waals surface area contributed by atoms with Crippen LogP contribution in [0.1, 0.15) is 0 Å². The Morgan fingerprint density at radius 3 is 2.41 bits per heavy atom. The zero-order valence-corrected chi connectivity index (χ0v) is 19.0. The van der Waals surface area contributed by atoms with Crippen LogP contribution in [-0.4, -0.2) is 40.8 Å². The summed E-state index contributed by atoms with van der Waals surface area (Å²) >= 11 is 6.49. The van der Waals surface area contributed by atoms with Crippen molar-refractivity contribution in [3.05, 3.63) is 94.3 Å². The second-order valence-corrected chi connectivity index (χ2v) is 8.47. The van der Waals surface area contributed by atoms with E-state index in [9.17, 15) is 14.3 Å². The lowest BCUT2D eigenvalue weighted by molar-refractivity contribution is 0.477. The predicted octanol–water partition coefficient (Wildman–Crippen LogP) is 4.47. The van der Waals surface area contributed by atoms with Crippen LogP contribution in [0.3, 0.4) is 0 Å². The highest BCUT2D eigenvalue weighted by Crippen LogP contribution is 2.40. The molecule has 6 nitrogen and oxygen atoms in total. The van der Waals surface area contributed by atoms with Crippen molar-refractivity contribution in [3.63, 3.8) is 0 Å². The van der Waals surface area contributed by atoms with Gasteiger partial charge in [0.25, 0.3) is 5.56 Å². The molecule has 1 fully saturated rings. The first-order chi connectivity index (χ1) is 16.5. The van der Waals surface area contributed by atoms with Crippen LogP contribution in [0.2, 0.25) is 5.02 Å². The highest BCUT2D eigenvalue weighted by Gasteiger charge is 2.18. The van der Waals surface area contributed by atoms with Crippen LogP contribution in [0.4, 0.5) is 10.2 Å². The van der Waals surface area contributed by atoms with Gasteiger partial charge in [0.15, 0.2) is 0 Å².